The molecular weight excluding hydrogens is 512 g/mol. The lowest BCUT2D eigenvalue weighted by Gasteiger charge is -2.14. The largest absolute Gasteiger partial charge is 0.481 e. The third-order valence-electron chi connectivity index (χ3n) is 5.82. The fraction of sp³-hybridized carbons (Fsp3) is 0.308. The van der Waals surface area contributed by atoms with Crippen molar-refractivity contribution in [2.45, 2.75) is 54.7 Å². The fourth-order valence-electron chi connectivity index (χ4n) is 4.11. The molecular formula is C26H26N4O5S2. The van der Waals surface area contributed by atoms with Gasteiger partial charge in [0.05, 0.1) is 22.0 Å². The van der Waals surface area contributed by atoms with E-state index in [1.807, 2.05) is 13.0 Å². The third kappa shape index (κ3) is 7.23. The van der Waals surface area contributed by atoms with Crippen LogP contribution in [0.4, 0.5) is 10.8 Å². The number of aromatic nitrogens is 2. The summed E-state index contributed by atoms with van der Waals surface area (Å²) in [5.74, 6) is -2.23. The molecule has 1 fully saturated rings. The number of benzene rings is 1. The molecule has 0 aliphatic heterocycles. The van der Waals surface area contributed by atoms with E-state index in [9.17, 15) is 24.3 Å². The second-order valence-electron chi connectivity index (χ2n) is 8.76. The van der Waals surface area contributed by atoms with Gasteiger partial charge in [-0.25, -0.2) is 9.97 Å². The van der Waals surface area contributed by atoms with Gasteiger partial charge in [0.1, 0.15) is 11.4 Å². The van der Waals surface area contributed by atoms with Crippen molar-refractivity contribution in [2.75, 3.05) is 10.6 Å². The third-order valence-corrected chi connectivity index (χ3v) is 8.00. The van der Waals surface area contributed by atoms with Gasteiger partial charge >= 0.3 is 5.97 Å². The summed E-state index contributed by atoms with van der Waals surface area (Å²) in [7, 11) is 0. The van der Waals surface area contributed by atoms with Crippen LogP contribution in [0.3, 0.4) is 0 Å². The van der Waals surface area contributed by atoms with Crippen LogP contribution in [0.25, 0.3) is 0 Å². The van der Waals surface area contributed by atoms with Crippen LogP contribution < -0.4 is 10.6 Å². The first-order valence-corrected chi connectivity index (χ1v) is 13.5. The number of anilines is 2. The fourth-order valence-corrected chi connectivity index (χ4v) is 6.19. The van der Waals surface area contributed by atoms with Gasteiger partial charge in [0.25, 0.3) is 0 Å². The average molecular weight is 539 g/mol. The molecule has 11 heteroatoms. The number of aryl methyl sites for hydroxylation is 1. The second kappa shape index (κ2) is 12.1. The molecule has 2 amide bonds. The van der Waals surface area contributed by atoms with Crippen molar-refractivity contribution in [3.05, 3.63) is 59.4 Å². The number of pyridine rings is 1. The zero-order valence-corrected chi connectivity index (χ0v) is 21.8. The maximum Gasteiger partial charge on any atom is 0.309 e. The number of amides is 2. The molecule has 2 aromatic heterocycles. The van der Waals surface area contributed by atoms with E-state index < -0.39 is 24.2 Å². The van der Waals surface area contributed by atoms with E-state index in [0.29, 0.717) is 26.2 Å². The first kappa shape index (κ1) is 26.5. The molecule has 1 aliphatic rings. The van der Waals surface area contributed by atoms with E-state index in [2.05, 4.69) is 20.6 Å². The lowest BCUT2D eigenvalue weighted by Crippen LogP contribution is -2.23. The molecule has 9 nitrogen and oxygen atoms in total. The smallest absolute Gasteiger partial charge is 0.309 e. The standard InChI is InChI=1S/C26H26N4O5S2/c1-15-9-10-18(17(12-15)24(35)16-6-2-3-7-16)28-20(31)14-21(32)30-26-29-19(13-23(33)34)25(37-26)36-22-8-4-5-11-27-22/h4-5,8-12,16H,2-3,6-7,13-14H2,1H3,(H,28,31)(H,33,34)(H,29,30,32). The number of carboxylic acid groups (broad SMARTS) is 1. The Balaban J connectivity index is 1.42. The summed E-state index contributed by atoms with van der Waals surface area (Å²) in [4.78, 5) is 58.0. The second-order valence-corrected chi connectivity index (χ2v) is 11.0. The highest BCUT2D eigenvalue weighted by molar-refractivity contribution is 8.01. The van der Waals surface area contributed by atoms with Gasteiger partial charge in [0, 0.05) is 17.7 Å². The zero-order valence-electron chi connectivity index (χ0n) is 20.2. The van der Waals surface area contributed by atoms with Crippen molar-refractivity contribution < 1.29 is 24.3 Å². The Kier molecular flexibility index (Phi) is 8.67. The number of Topliss-reactive ketones (excluding diaryl/α,β-unsaturated/α-hetero) is 1. The van der Waals surface area contributed by atoms with Crippen molar-refractivity contribution in [2.24, 2.45) is 5.92 Å². The van der Waals surface area contributed by atoms with Crippen LogP contribution in [-0.2, 0) is 20.8 Å². The number of nitrogens with one attached hydrogen (secondary N) is 2. The van der Waals surface area contributed by atoms with Crippen LogP contribution in [0.5, 0.6) is 0 Å². The number of hydrogen-bond donors (Lipinski definition) is 3. The number of ketones is 1. The molecule has 4 rings (SSSR count). The molecule has 0 spiro atoms. The van der Waals surface area contributed by atoms with Gasteiger partial charge in [-0.1, -0.05) is 53.6 Å². The maximum atomic E-state index is 13.0. The highest BCUT2D eigenvalue weighted by Crippen LogP contribution is 2.37. The molecule has 3 N–H and O–H groups in total. The van der Waals surface area contributed by atoms with Crippen LogP contribution in [0.15, 0.2) is 51.8 Å². The first-order valence-electron chi connectivity index (χ1n) is 11.8. The number of carbonyl (C=O) groups excluding carboxylic acids is 3. The number of rotatable bonds is 10. The Morgan fingerprint density at radius 3 is 2.54 bits per heavy atom. The maximum absolute atomic E-state index is 13.0. The van der Waals surface area contributed by atoms with Crippen molar-refractivity contribution in [3.8, 4) is 0 Å². The monoisotopic (exact) mass is 538 g/mol. The lowest BCUT2D eigenvalue weighted by molar-refractivity contribution is -0.136. The predicted octanol–water partition coefficient (Wildman–Crippen LogP) is 4.97. The summed E-state index contributed by atoms with van der Waals surface area (Å²) in [5, 5.41) is 15.4. The summed E-state index contributed by atoms with van der Waals surface area (Å²) >= 11 is 2.37. The Labute approximate surface area is 222 Å². The lowest BCUT2D eigenvalue weighted by atomic mass is 9.94. The molecule has 0 unspecified atom stereocenters. The van der Waals surface area contributed by atoms with Crippen LogP contribution in [0, 0.1) is 12.8 Å². The van der Waals surface area contributed by atoms with Crippen LogP contribution in [0.1, 0.15) is 53.7 Å². The normalized spacial score (nSPS) is 13.3. The summed E-state index contributed by atoms with van der Waals surface area (Å²) in [5.41, 5.74) is 2.09. The minimum absolute atomic E-state index is 0.0210. The number of hydrogen-bond acceptors (Lipinski definition) is 8. The van der Waals surface area contributed by atoms with E-state index in [1.54, 1.807) is 36.5 Å². The molecule has 3 aromatic rings. The molecule has 1 aromatic carbocycles. The number of nitrogens with zero attached hydrogens (tertiary/aromatic N) is 2. The summed E-state index contributed by atoms with van der Waals surface area (Å²) in [6.45, 7) is 1.89. The van der Waals surface area contributed by atoms with E-state index in [-0.39, 0.29) is 23.3 Å². The summed E-state index contributed by atoms with van der Waals surface area (Å²) in [6.07, 6.45) is 4.58. The quantitative estimate of drug-likeness (QED) is 0.243. The van der Waals surface area contributed by atoms with E-state index in [0.717, 1.165) is 42.6 Å². The molecule has 0 radical (unpaired) electrons. The summed E-state index contributed by atoms with van der Waals surface area (Å²) in [6, 6.07) is 10.6. The molecule has 0 atom stereocenters. The van der Waals surface area contributed by atoms with E-state index in [4.69, 9.17) is 0 Å². The molecule has 1 saturated carbocycles. The number of aliphatic carboxylic acids is 1. The molecule has 37 heavy (non-hydrogen) atoms. The minimum atomic E-state index is -1.05. The van der Waals surface area contributed by atoms with Gasteiger partial charge in [-0.15, -0.1) is 0 Å². The molecule has 2 heterocycles. The molecule has 192 valence electrons. The molecule has 0 saturated heterocycles. The van der Waals surface area contributed by atoms with Gasteiger partial charge in [-0.2, -0.15) is 0 Å². The van der Waals surface area contributed by atoms with Crippen LogP contribution in [0.2, 0.25) is 0 Å². The van der Waals surface area contributed by atoms with Gasteiger partial charge in [0.15, 0.2) is 10.9 Å². The number of carboxylic acids is 1. The van der Waals surface area contributed by atoms with Crippen molar-refractivity contribution >= 4 is 57.5 Å². The molecule has 0 bridgehead atoms. The first-order chi connectivity index (χ1) is 17.8. The Hall–Kier alpha value is -3.57. The SMILES string of the molecule is Cc1ccc(NC(=O)CC(=O)Nc2nc(CC(=O)O)c(Sc3ccccn3)s2)c(C(=O)C2CCCC2)c1. The summed E-state index contributed by atoms with van der Waals surface area (Å²) < 4.78 is 0.593. The van der Waals surface area contributed by atoms with E-state index >= 15 is 0 Å². The number of carbonyl (C=O) groups is 4. The highest BCUT2D eigenvalue weighted by Gasteiger charge is 2.26. The Bertz CT molecular complexity index is 1320. The predicted molar refractivity (Wildman–Crippen MR) is 141 cm³/mol. The highest BCUT2D eigenvalue weighted by atomic mass is 32.2. The number of thiazole rings is 1. The Morgan fingerprint density at radius 1 is 1.08 bits per heavy atom. The van der Waals surface area contributed by atoms with Gasteiger partial charge in [-0.05, 0) is 44.0 Å². The van der Waals surface area contributed by atoms with Crippen LogP contribution in [-0.4, -0.2) is 38.6 Å². The van der Waals surface area contributed by atoms with Gasteiger partial charge in [0.2, 0.25) is 11.8 Å². The van der Waals surface area contributed by atoms with Crippen molar-refractivity contribution in [3.63, 3.8) is 0 Å². The van der Waals surface area contributed by atoms with Gasteiger partial charge in [-0.3, -0.25) is 19.2 Å². The van der Waals surface area contributed by atoms with Crippen LogP contribution >= 0.6 is 23.1 Å². The average Bonchev–Trinajstić information content (AvgIpc) is 3.50. The van der Waals surface area contributed by atoms with Crippen molar-refractivity contribution in [1.82, 2.24) is 9.97 Å². The topological polar surface area (TPSA) is 138 Å². The zero-order chi connectivity index (χ0) is 26.4. The Morgan fingerprint density at radius 2 is 1.84 bits per heavy atom. The minimum Gasteiger partial charge on any atom is -0.481 e. The van der Waals surface area contributed by atoms with Gasteiger partial charge < -0.3 is 15.7 Å². The van der Waals surface area contributed by atoms with E-state index in [1.165, 1.54) is 11.8 Å². The van der Waals surface area contributed by atoms with Crippen molar-refractivity contribution in [1.29, 1.82) is 0 Å². The molecule has 1 aliphatic carbocycles.